The highest BCUT2D eigenvalue weighted by atomic mass is 16.4. The predicted octanol–water partition coefficient (Wildman–Crippen LogP) is 0.724. The molecule has 0 aliphatic carbocycles. The van der Waals surface area contributed by atoms with Gasteiger partial charge in [0, 0.05) is 32.7 Å². The third-order valence-corrected chi connectivity index (χ3v) is 3.50. The zero-order valence-electron chi connectivity index (χ0n) is 11.0. The molecule has 0 radical (unpaired) electrons. The molecule has 0 saturated carbocycles. The average molecular weight is 262 g/mol. The standard InChI is InChI=1S/C14H18N2O3/c1-11-4-2-3-5-12(11)10-15-6-8-16(9-7-15)13(17)14(18)19/h2-5H,6-10H2,1H3,(H,18,19). The zero-order chi connectivity index (χ0) is 13.8. The quantitative estimate of drug-likeness (QED) is 0.798. The fourth-order valence-electron chi connectivity index (χ4n) is 2.27. The summed E-state index contributed by atoms with van der Waals surface area (Å²) in [6.45, 7) is 5.33. The maximum Gasteiger partial charge on any atom is 0.394 e. The van der Waals surface area contributed by atoms with Crippen LogP contribution in [-0.4, -0.2) is 53.0 Å². The van der Waals surface area contributed by atoms with Gasteiger partial charge in [0.05, 0.1) is 0 Å². The number of hydrogen-bond donors (Lipinski definition) is 1. The van der Waals surface area contributed by atoms with E-state index in [-0.39, 0.29) is 0 Å². The number of rotatable bonds is 2. The molecule has 0 aromatic heterocycles. The van der Waals surface area contributed by atoms with Gasteiger partial charge in [-0.2, -0.15) is 0 Å². The molecule has 1 fully saturated rings. The Morgan fingerprint density at radius 2 is 1.79 bits per heavy atom. The van der Waals surface area contributed by atoms with E-state index in [4.69, 9.17) is 5.11 Å². The molecule has 2 rings (SSSR count). The lowest BCUT2D eigenvalue weighted by molar-refractivity contribution is -0.156. The molecule has 5 heteroatoms. The van der Waals surface area contributed by atoms with Crippen LogP contribution < -0.4 is 0 Å². The Balaban J connectivity index is 1.89. The highest BCUT2D eigenvalue weighted by Gasteiger charge is 2.25. The number of aliphatic carboxylic acids is 1. The molecule has 1 aliphatic heterocycles. The van der Waals surface area contributed by atoms with Crippen LogP contribution in [-0.2, 0) is 16.1 Å². The third-order valence-electron chi connectivity index (χ3n) is 3.50. The number of carboxylic acids is 1. The summed E-state index contributed by atoms with van der Waals surface area (Å²) >= 11 is 0. The molecule has 1 aromatic rings. The van der Waals surface area contributed by atoms with Gasteiger partial charge in [-0.3, -0.25) is 9.69 Å². The van der Waals surface area contributed by atoms with Gasteiger partial charge < -0.3 is 10.0 Å². The lowest BCUT2D eigenvalue weighted by atomic mass is 10.1. The van der Waals surface area contributed by atoms with E-state index in [2.05, 4.69) is 24.0 Å². The lowest BCUT2D eigenvalue weighted by Gasteiger charge is -2.34. The van der Waals surface area contributed by atoms with Crippen molar-refractivity contribution in [3.63, 3.8) is 0 Å². The van der Waals surface area contributed by atoms with Crippen LogP contribution in [0.5, 0.6) is 0 Å². The van der Waals surface area contributed by atoms with E-state index in [1.54, 1.807) is 0 Å². The van der Waals surface area contributed by atoms with Crippen molar-refractivity contribution in [1.29, 1.82) is 0 Å². The molecular formula is C14H18N2O3. The van der Waals surface area contributed by atoms with Crippen LogP contribution in [0.1, 0.15) is 11.1 Å². The molecule has 5 nitrogen and oxygen atoms in total. The van der Waals surface area contributed by atoms with Gasteiger partial charge in [-0.05, 0) is 18.1 Å². The van der Waals surface area contributed by atoms with Gasteiger partial charge in [-0.25, -0.2) is 4.79 Å². The number of benzene rings is 1. The summed E-state index contributed by atoms with van der Waals surface area (Å²) in [5.41, 5.74) is 2.53. The van der Waals surface area contributed by atoms with Crippen molar-refractivity contribution in [2.75, 3.05) is 26.2 Å². The Bertz CT molecular complexity index is 479. The van der Waals surface area contributed by atoms with E-state index in [9.17, 15) is 9.59 Å². The van der Waals surface area contributed by atoms with Crippen molar-refractivity contribution in [2.24, 2.45) is 0 Å². The van der Waals surface area contributed by atoms with Crippen LogP contribution in [0.4, 0.5) is 0 Å². The number of hydrogen-bond acceptors (Lipinski definition) is 3. The Hall–Kier alpha value is -1.88. The van der Waals surface area contributed by atoms with Gasteiger partial charge in [0.1, 0.15) is 0 Å². The van der Waals surface area contributed by atoms with Crippen molar-refractivity contribution in [3.8, 4) is 0 Å². The van der Waals surface area contributed by atoms with E-state index < -0.39 is 11.9 Å². The second-order valence-corrected chi connectivity index (χ2v) is 4.80. The Kier molecular flexibility index (Phi) is 4.16. The van der Waals surface area contributed by atoms with Gasteiger partial charge in [0.2, 0.25) is 0 Å². The van der Waals surface area contributed by atoms with E-state index in [0.29, 0.717) is 26.2 Å². The first-order chi connectivity index (χ1) is 9.08. The fourth-order valence-corrected chi connectivity index (χ4v) is 2.27. The van der Waals surface area contributed by atoms with Crippen molar-refractivity contribution in [3.05, 3.63) is 35.4 Å². The summed E-state index contributed by atoms with van der Waals surface area (Å²) in [6.07, 6.45) is 0. The van der Waals surface area contributed by atoms with Crippen molar-refractivity contribution in [2.45, 2.75) is 13.5 Å². The molecule has 1 aromatic carbocycles. The summed E-state index contributed by atoms with van der Waals surface area (Å²) in [6, 6.07) is 8.22. The number of amides is 1. The first kappa shape index (κ1) is 13.5. The highest BCUT2D eigenvalue weighted by molar-refractivity contribution is 6.31. The molecular weight excluding hydrogens is 244 g/mol. The first-order valence-corrected chi connectivity index (χ1v) is 6.37. The molecule has 0 unspecified atom stereocenters. The van der Waals surface area contributed by atoms with Crippen LogP contribution in [0.15, 0.2) is 24.3 Å². The summed E-state index contributed by atoms with van der Waals surface area (Å²) in [4.78, 5) is 25.6. The molecule has 102 valence electrons. The predicted molar refractivity (Wildman–Crippen MR) is 70.7 cm³/mol. The number of carbonyl (C=O) groups excluding carboxylic acids is 1. The largest absolute Gasteiger partial charge is 0.474 e. The van der Waals surface area contributed by atoms with E-state index in [1.165, 1.54) is 16.0 Å². The summed E-state index contributed by atoms with van der Waals surface area (Å²) in [5.74, 6) is -2.16. The molecule has 0 atom stereocenters. The fraction of sp³-hybridized carbons (Fsp3) is 0.429. The minimum absolute atomic E-state index is 0.483. The van der Waals surface area contributed by atoms with Crippen molar-refractivity contribution in [1.82, 2.24) is 9.80 Å². The lowest BCUT2D eigenvalue weighted by Crippen LogP contribution is -2.50. The maximum atomic E-state index is 11.3. The summed E-state index contributed by atoms with van der Waals surface area (Å²) in [5, 5.41) is 8.67. The van der Waals surface area contributed by atoms with Gasteiger partial charge in [-0.1, -0.05) is 24.3 Å². The number of carboxylic acid groups (broad SMARTS) is 1. The molecule has 1 heterocycles. The minimum Gasteiger partial charge on any atom is -0.474 e. The topological polar surface area (TPSA) is 60.9 Å². The van der Waals surface area contributed by atoms with Crippen molar-refractivity contribution >= 4 is 11.9 Å². The van der Waals surface area contributed by atoms with E-state index in [1.807, 2.05) is 12.1 Å². The van der Waals surface area contributed by atoms with Crippen LogP contribution in [0.2, 0.25) is 0 Å². The number of aryl methyl sites for hydroxylation is 1. The molecule has 1 N–H and O–H groups in total. The van der Waals surface area contributed by atoms with Crippen LogP contribution in [0, 0.1) is 6.92 Å². The van der Waals surface area contributed by atoms with Crippen LogP contribution in [0.3, 0.4) is 0 Å². The Morgan fingerprint density at radius 1 is 1.16 bits per heavy atom. The highest BCUT2D eigenvalue weighted by Crippen LogP contribution is 2.12. The summed E-state index contributed by atoms with van der Waals surface area (Å²) < 4.78 is 0. The second kappa shape index (κ2) is 5.84. The maximum absolute atomic E-state index is 11.3. The second-order valence-electron chi connectivity index (χ2n) is 4.80. The van der Waals surface area contributed by atoms with Gasteiger partial charge in [0.25, 0.3) is 0 Å². The number of nitrogens with zero attached hydrogens (tertiary/aromatic N) is 2. The van der Waals surface area contributed by atoms with Crippen molar-refractivity contribution < 1.29 is 14.7 Å². The molecule has 19 heavy (non-hydrogen) atoms. The first-order valence-electron chi connectivity index (χ1n) is 6.37. The molecule has 0 bridgehead atoms. The zero-order valence-corrected chi connectivity index (χ0v) is 11.0. The molecule has 1 aliphatic rings. The SMILES string of the molecule is Cc1ccccc1CN1CCN(C(=O)C(=O)O)CC1. The monoisotopic (exact) mass is 262 g/mol. The summed E-state index contributed by atoms with van der Waals surface area (Å²) in [7, 11) is 0. The third kappa shape index (κ3) is 3.32. The number of piperazine rings is 1. The average Bonchev–Trinajstić information content (AvgIpc) is 2.41. The van der Waals surface area contributed by atoms with Crippen LogP contribution in [0.25, 0.3) is 0 Å². The smallest absolute Gasteiger partial charge is 0.394 e. The van der Waals surface area contributed by atoms with Gasteiger partial charge >= 0.3 is 11.9 Å². The van der Waals surface area contributed by atoms with E-state index in [0.717, 1.165) is 6.54 Å². The van der Waals surface area contributed by atoms with Crippen LogP contribution >= 0.6 is 0 Å². The molecule has 1 amide bonds. The Morgan fingerprint density at radius 3 is 2.37 bits per heavy atom. The minimum atomic E-state index is -1.37. The Labute approximate surface area is 112 Å². The van der Waals surface area contributed by atoms with E-state index >= 15 is 0 Å². The molecule has 1 saturated heterocycles. The normalized spacial score (nSPS) is 16.4. The number of carbonyl (C=O) groups is 2. The molecule has 0 spiro atoms. The van der Waals surface area contributed by atoms with Gasteiger partial charge in [0.15, 0.2) is 0 Å². The van der Waals surface area contributed by atoms with Gasteiger partial charge in [-0.15, -0.1) is 0 Å².